The van der Waals surface area contributed by atoms with E-state index in [2.05, 4.69) is 38.1 Å². The van der Waals surface area contributed by atoms with Gasteiger partial charge in [-0.15, -0.1) is 11.3 Å². The molecule has 0 bridgehead atoms. The lowest BCUT2D eigenvalue weighted by Crippen LogP contribution is -2.46. The van der Waals surface area contributed by atoms with E-state index in [9.17, 15) is 0 Å². The second kappa shape index (κ2) is 4.58. The van der Waals surface area contributed by atoms with Gasteiger partial charge in [0.1, 0.15) is 12.1 Å². The summed E-state index contributed by atoms with van der Waals surface area (Å²) in [6, 6.07) is 2.06. The summed E-state index contributed by atoms with van der Waals surface area (Å²) in [7, 11) is 0. The molecule has 3 rings (SSSR count). The van der Waals surface area contributed by atoms with Gasteiger partial charge < -0.3 is 9.80 Å². The Morgan fingerprint density at radius 1 is 1.24 bits per heavy atom. The topological polar surface area (TPSA) is 32.3 Å². The number of likely N-dealkylation sites (N-methyl/N-ethyl adjacent to an activating group) is 1. The van der Waals surface area contributed by atoms with Crippen molar-refractivity contribution in [2.75, 3.05) is 37.6 Å². The van der Waals surface area contributed by atoms with Crippen molar-refractivity contribution in [3.8, 4) is 0 Å². The molecule has 1 aliphatic heterocycles. The molecule has 5 heteroatoms. The second-order valence-electron chi connectivity index (χ2n) is 4.25. The van der Waals surface area contributed by atoms with Gasteiger partial charge in [0, 0.05) is 26.2 Å². The van der Waals surface area contributed by atoms with Gasteiger partial charge in [0.25, 0.3) is 0 Å². The lowest BCUT2D eigenvalue weighted by molar-refractivity contribution is 0.271. The van der Waals surface area contributed by atoms with Crippen LogP contribution in [0.1, 0.15) is 6.92 Å². The number of aromatic nitrogens is 2. The second-order valence-corrected chi connectivity index (χ2v) is 5.17. The van der Waals surface area contributed by atoms with Crippen LogP contribution in [0.15, 0.2) is 17.8 Å². The molecular formula is C12H16N4S. The minimum Gasteiger partial charge on any atom is -0.353 e. The number of hydrogen-bond donors (Lipinski definition) is 0. The van der Waals surface area contributed by atoms with Gasteiger partial charge in [0.05, 0.1) is 10.2 Å². The maximum absolute atomic E-state index is 4.46. The Hall–Kier alpha value is -1.20. The average molecular weight is 248 g/mol. The van der Waals surface area contributed by atoms with E-state index >= 15 is 0 Å². The van der Waals surface area contributed by atoms with E-state index in [-0.39, 0.29) is 0 Å². The van der Waals surface area contributed by atoms with Gasteiger partial charge in [-0.05, 0) is 18.0 Å². The van der Waals surface area contributed by atoms with E-state index in [0.717, 1.165) is 44.1 Å². The van der Waals surface area contributed by atoms with Crippen LogP contribution in [0.4, 0.5) is 5.82 Å². The van der Waals surface area contributed by atoms with Crippen LogP contribution in [-0.2, 0) is 0 Å². The molecule has 1 aliphatic rings. The molecule has 2 aromatic rings. The molecule has 0 unspecified atom stereocenters. The predicted molar refractivity (Wildman–Crippen MR) is 71.7 cm³/mol. The summed E-state index contributed by atoms with van der Waals surface area (Å²) in [5, 5.41) is 2.09. The highest BCUT2D eigenvalue weighted by molar-refractivity contribution is 7.17. The first-order valence-corrected chi connectivity index (χ1v) is 6.92. The summed E-state index contributed by atoms with van der Waals surface area (Å²) >= 11 is 1.73. The molecule has 4 nitrogen and oxygen atoms in total. The third-order valence-electron chi connectivity index (χ3n) is 3.34. The van der Waals surface area contributed by atoms with Crippen molar-refractivity contribution in [2.24, 2.45) is 0 Å². The number of piperazine rings is 1. The fraction of sp³-hybridized carbons (Fsp3) is 0.500. The minimum absolute atomic E-state index is 1.07. The number of rotatable bonds is 2. The summed E-state index contributed by atoms with van der Waals surface area (Å²) < 4.78 is 1.22. The lowest BCUT2D eigenvalue weighted by atomic mass is 10.3. The van der Waals surface area contributed by atoms with Crippen molar-refractivity contribution in [2.45, 2.75) is 6.92 Å². The van der Waals surface area contributed by atoms with Crippen molar-refractivity contribution >= 4 is 27.4 Å². The fourth-order valence-electron chi connectivity index (χ4n) is 2.28. The van der Waals surface area contributed by atoms with Gasteiger partial charge in [-0.1, -0.05) is 6.92 Å². The molecule has 0 radical (unpaired) electrons. The summed E-state index contributed by atoms with van der Waals surface area (Å²) in [6.07, 6.45) is 1.68. The quantitative estimate of drug-likeness (QED) is 0.811. The summed E-state index contributed by atoms with van der Waals surface area (Å²) in [4.78, 5) is 13.6. The standard InChI is InChI=1S/C12H16N4S/c1-2-15-4-6-16(7-5-15)12-11-10(3-8-17-11)13-9-14-12/h3,8-9H,2,4-7H2,1H3. The smallest absolute Gasteiger partial charge is 0.150 e. The van der Waals surface area contributed by atoms with Gasteiger partial charge in [0.15, 0.2) is 0 Å². The van der Waals surface area contributed by atoms with E-state index in [4.69, 9.17) is 0 Å². The molecule has 0 amide bonds. The van der Waals surface area contributed by atoms with Crippen molar-refractivity contribution in [1.82, 2.24) is 14.9 Å². The predicted octanol–water partition coefficient (Wildman–Crippen LogP) is 1.83. The molecule has 0 aromatic carbocycles. The third kappa shape index (κ3) is 2.00. The van der Waals surface area contributed by atoms with E-state index in [1.807, 2.05) is 0 Å². The zero-order valence-corrected chi connectivity index (χ0v) is 10.8. The van der Waals surface area contributed by atoms with Crippen LogP contribution in [0.25, 0.3) is 10.2 Å². The molecule has 0 atom stereocenters. The van der Waals surface area contributed by atoms with Crippen LogP contribution < -0.4 is 4.90 Å². The van der Waals surface area contributed by atoms with Gasteiger partial charge in [0.2, 0.25) is 0 Å². The normalized spacial score (nSPS) is 17.8. The molecule has 0 spiro atoms. The van der Waals surface area contributed by atoms with Crippen molar-refractivity contribution in [3.63, 3.8) is 0 Å². The van der Waals surface area contributed by atoms with Crippen LogP contribution in [0.5, 0.6) is 0 Å². The van der Waals surface area contributed by atoms with Crippen LogP contribution in [0.2, 0.25) is 0 Å². The summed E-state index contributed by atoms with van der Waals surface area (Å²) in [6.45, 7) is 7.76. The maximum atomic E-state index is 4.46. The van der Waals surface area contributed by atoms with Crippen LogP contribution in [-0.4, -0.2) is 47.6 Å². The molecule has 2 aromatic heterocycles. The highest BCUT2D eigenvalue weighted by atomic mass is 32.1. The van der Waals surface area contributed by atoms with Crippen molar-refractivity contribution < 1.29 is 0 Å². The highest BCUT2D eigenvalue weighted by Gasteiger charge is 2.19. The Kier molecular flexibility index (Phi) is 2.94. The number of nitrogens with zero attached hydrogens (tertiary/aromatic N) is 4. The van der Waals surface area contributed by atoms with Crippen molar-refractivity contribution in [1.29, 1.82) is 0 Å². The van der Waals surface area contributed by atoms with Crippen LogP contribution in [0.3, 0.4) is 0 Å². The average Bonchev–Trinajstić information content (AvgIpc) is 2.87. The Bertz CT molecular complexity index is 502. The third-order valence-corrected chi connectivity index (χ3v) is 4.24. The summed E-state index contributed by atoms with van der Waals surface area (Å²) in [5.74, 6) is 1.11. The maximum Gasteiger partial charge on any atom is 0.150 e. The highest BCUT2D eigenvalue weighted by Crippen LogP contribution is 2.28. The first-order valence-electron chi connectivity index (χ1n) is 6.04. The Morgan fingerprint density at radius 3 is 2.82 bits per heavy atom. The largest absolute Gasteiger partial charge is 0.353 e. The lowest BCUT2D eigenvalue weighted by Gasteiger charge is -2.34. The molecule has 0 saturated carbocycles. The van der Waals surface area contributed by atoms with Gasteiger partial charge >= 0.3 is 0 Å². The minimum atomic E-state index is 1.07. The zero-order valence-electron chi connectivity index (χ0n) is 9.96. The number of hydrogen-bond acceptors (Lipinski definition) is 5. The van der Waals surface area contributed by atoms with E-state index < -0.39 is 0 Å². The molecular weight excluding hydrogens is 232 g/mol. The van der Waals surface area contributed by atoms with E-state index in [0.29, 0.717) is 0 Å². The zero-order chi connectivity index (χ0) is 11.7. The Morgan fingerprint density at radius 2 is 2.06 bits per heavy atom. The summed E-state index contributed by atoms with van der Waals surface area (Å²) in [5.41, 5.74) is 1.07. The van der Waals surface area contributed by atoms with Crippen LogP contribution in [0, 0.1) is 0 Å². The molecule has 1 saturated heterocycles. The Labute approximate surface area is 105 Å². The fourth-order valence-corrected chi connectivity index (χ4v) is 3.14. The molecule has 0 aliphatic carbocycles. The van der Waals surface area contributed by atoms with Gasteiger partial charge in [-0.25, -0.2) is 9.97 Å². The van der Waals surface area contributed by atoms with E-state index in [1.165, 1.54) is 4.70 Å². The van der Waals surface area contributed by atoms with Gasteiger partial charge in [-0.2, -0.15) is 0 Å². The monoisotopic (exact) mass is 248 g/mol. The SMILES string of the molecule is CCN1CCN(c2ncnc3ccsc23)CC1. The number of fused-ring (bicyclic) bond motifs is 1. The number of thiophene rings is 1. The molecule has 1 fully saturated rings. The van der Waals surface area contributed by atoms with Crippen LogP contribution >= 0.6 is 11.3 Å². The molecule has 90 valence electrons. The first kappa shape index (κ1) is 10.9. The van der Waals surface area contributed by atoms with Crippen molar-refractivity contribution in [3.05, 3.63) is 17.8 Å². The molecule has 0 N–H and O–H groups in total. The van der Waals surface area contributed by atoms with E-state index in [1.54, 1.807) is 17.7 Å². The molecule has 3 heterocycles. The number of anilines is 1. The van der Waals surface area contributed by atoms with Gasteiger partial charge in [-0.3, -0.25) is 0 Å². The Balaban J connectivity index is 1.87. The first-order chi connectivity index (χ1) is 8.38. The molecule has 17 heavy (non-hydrogen) atoms.